The maximum Gasteiger partial charge on any atom is 0.123 e. The van der Waals surface area contributed by atoms with E-state index >= 15 is 0 Å². The summed E-state index contributed by atoms with van der Waals surface area (Å²) >= 11 is 0. The van der Waals surface area contributed by atoms with Crippen LogP contribution in [-0.2, 0) is 4.74 Å². The first kappa shape index (κ1) is 27.1. The Morgan fingerprint density at radius 2 is 0.872 bits per heavy atom. The zero-order valence-corrected chi connectivity index (χ0v) is 21.4. The van der Waals surface area contributed by atoms with Crippen molar-refractivity contribution in [3.63, 3.8) is 0 Å². The third kappa shape index (κ3) is 6.92. The minimum Gasteiger partial charge on any atom is -0.367 e. The molecule has 7 heteroatoms. The van der Waals surface area contributed by atoms with E-state index in [-0.39, 0.29) is 29.3 Å². The zero-order chi connectivity index (χ0) is 27.2. The van der Waals surface area contributed by atoms with Gasteiger partial charge in [0.05, 0.1) is 12.6 Å². The Kier molecular flexibility index (Phi) is 8.71. The van der Waals surface area contributed by atoms with Gasteiger partial charge >= 0.3 is 0 Å². The summed E-state index contributed by atoms with van der Waals surface area (Å²) in [6.07, 6.45) is -0.436. The topological polar surface area (TPSA) is 15.7 Å². The lowest BCUT2D eigenvalue weighted by molar-refractivity contribution is 0.0407. The first-order chi connectivity index (χ1) is 19.0. The van der Waals surface area contributed by atoms with E-state index in [4.69, 9.17) is 4.74 Å². The quantitative estimate of drug-likeness (QED) is 0.221. The summed E-state index contributed by atoms with van der Waals surface area (Å²) in [6.45, 7) is 4.31. The third-order valence-corrected chi connectivity index (χ3v) is 7.18. The normalized spacial score (nSPS) is 14.8. The Morgan fingerprint density at radius 1 is 0.513 bits per heavy atom. The third-order valence-electron chi connectivity index (χ3n) is 7.18. The minimum absolute atomic E-state index is 0.106. The molecule has 202 valence electrons. The molecule has 3 nitrogen and oxygen atoms in total. The second-order valence-corrected chi connectivity index (χ2v) is 9.74. The number of nitrogens with zero attached hydrogens (tertiary/aromatic N) is 2. The zero-order valence-electron chi connectivity index (χ0n) is 21.4. The van der Waals surface area contributed by atoms with E-state index in [9.17, 15) is 17.6 Å². The molecule has 0 unspecified atom stereocenters. The monoisotopic (exact) mass is 534 g/mol. The molecule has 0 radical (unpaired) electrons. The number of halogens is 4. The fourth-order valence-corrected chi connectivity index (χ4v) is 5.11. The number of piperazine rings is 1. The van der Waals surface area contributed by atoms with Gasteiger partial charge in [-0.2, -0.15) is 0 Å². The molecule has 1 aliphatic heterocycles. The number of hydrogen-bond acceptors (Lipinski definition) is 3. The molecule has 4 aromatic rings. The second kappa shape index (κ2) is 12.6. The number of rotatable bonds is 9. The molecule has 0 amide bonds. The highest BCUT2D eigenvalue weighted by atomic mass is 19.1. The van der Waals surface area contributed by atoms with Crippen LogP contribution in [0.3, 0.4) is 0 Å². The second-order valence-electron chi connectivity index (χ2n) is 9.74. The molecule has 0 aromatic heterocycles. The van der Waals surface area contributed by atoms with Crippen molar-refractivity contribution in [2.45, 2.75) is 12.1 Å². The summed E-state index contributed by atoms with van der Waals surface area (Å²) in [5.41, 5.74) is 3.52. The molecule has 1 aliphatic rings. The van der Waals surface area contributed by atoms with Gasteiger partial charge in [0.1, 0.15) is 29.4 Å². The van der Waals surface area contributed by atoms with E-state index in [2.05, 4.69) is 9.80 Å². The molecule has 4 aromatic carbocycles. The lowest BCUT2D eigenvalue weighted by Gasteiger charge is -2.40. The predicted octanol–water partition coefficient (Wildman–Crippen LogP) is 6.76. The van der Waals surface area contributed by atoms with E-state index in [1.807, 2.05) is 0 Å². The molecule has 0 N–H and O–H groups in total. The molecule has 0 bridgehead atoms. The molecule has 1 fully saturated rings. The first-order valence-corrected chi connectivity index (χ1v) is 13.1. The minimum atomic E-state index is -0.436. The van der Waals surface area contributed by atoms with E-state index < -0.39 is 6.10 Å². The van der Waals surface area contributed by atoms with Gasteiger partial charge in [-0.05, 0) is 70.8 Å². The predicted molar refractivity (Wildman–Crippen MR) is 143 cm³/mol. The molecule has 0 atom stereocenters. The van der Waals surface area contributed by atoms with Gasteiger partial charge in [0.15, 0.2) is 0 Å². The van der Waals surface area contributed by atoms with Gasteiger partial charge in [0, 0.05) is 32.7 Å². The smallest absolute Gasteiger partial charge is 0.123 e. The van der Waals surface area contributed by atoms with Crippen molar-refractivity contribution in [2.24, 2.45) is 0 Å². The summed E-state index contributed by atoms with van der Waals surface area (Å²) in [6, 6.07) is 25.2. The summed E-state index contributed by atoms with van der Waals surface area (Å²) < 4.78 is 60.5. The van der Waals surface area contributed by atoms with Gasteiger partial charge < -0.3 is 4.74 Å². The Hall–Kier alpha value is -3.52. The van der Waals surface area contributed by atoms with Crippen LogP contribution in [0.1, 0.15) is 34.4 Å². The Balaban J connectivity index is 1.22. The maximum absolute atomic E-state index is 13.6. The fourth-order valence-electron chi connectivity index (χ4n) is 5.11. The van der Waals surface area contributed by atoms with Crippen molar-refractivity contribution < 1.29 is 22.3 Å². The molecule has 0 spiro atoms. The summed E-state index contributed by atoms with van der Waals surface area (Å²) in [4.78, 5) is 4.65. The van der Waals surface area contributed by atoms with Crippen molar-refractivity contribution in [3.05, 3.63) is 143 Å². The van der Waals surface area contributed by atoms with Crippen LogP contribution in [0.25, 0.3) is 0 Å². The Morgan fingerprint density at radius 3 is 1.26 bits per heavy atom. The summed E-state index contributed by atoms with van der Waals surface area (Å²) in [7, 11) is 0. The number of ether oxygens (including phenoxy) is 1. The standard InChI is InChI=1S/C32H30F4N2O/c33-27-9-1-23(2-10-27)31(24-3-11-28(34)12-4-24)38-19-17-37(18-20-38)21-22-39-32(25-5-13-29(35)14-6-25)26-7-15-30(36)16-8-26/h1-16,31-32H,17-22H2. The average molecular weight is 535 g/mol. The van der Waals surface area contributed by atoms with Crippen LogP contribution in [0, 0.1) is 23.3 Å². The molecule has 0 aliphatic carbocycles. The van der Waals surface area contributed by atoms with Crippen LogP contribution in [-0.4, -0.2) is 49.1 Å². The summed E-state index contributed by atoms with van der Waals surface area (Å²) in [5, 5.41) is 0. The molecule has 1 heterocycles. The Bertz CT molecular complexity index is 1230. The van der Waals surface area contributed by atoms with Crippen LogP contribution in [0.5, 0.6) is 0 Å². The first-order valence-electron chi connectivity index (χ1n) is 13.1. The van der Waals surface area contributed by atoms with Crippen LogP contribution in [0.15, 0.2) is 97.1 Å². The lowest BCUT2D eigenvalue weighted by Crippen LogP contribution is -2.48. The van der Waals surface area contributed by atoms with E-state index in [0.29, 0.717) is 13.2 Å². The van der Waals surface area contributed by atoms with Gasteiger partial charge in [-0.15, -0.1) is 0 Å². The van der Waals surface area contributed by atoms with Crippen LogP contribution in [0.4, 0.5) is 17.6 Å². The molecular formula is C32H30F4N2O. The van der Waals surface area contributed by atoms with E-state index in [1.165, 1.54) is 48.5 Å². The van der Waals surface area contributed by atoms with Crippen molar-refractivity contribution in [2.75, 3.05) is 39.3 Å². The molecule has 0 saturated carbocycles. The Labute approximate surface area is 226 Å². The fraction of sp³-hybridized carbons (Fsp3) is 0.250. The number of hydrogen-bond donors (Lipinski definition) is 0. The molecular weight excluding hydrogens is 504 g/mol. The highest BCUT2D eigenvalue weighted by Gasteiger charge is 2.27. The molecule has 5 rings (SSSR count). The average Bonchev–Trinajstić information content (AvgIpc) is 2.95. The lowest BCUT2D eigenvalue weighted by atomic mass is 9.96. The number of benzene rings is 4. The van der Waals surface area contributed by atoms with Crippen LogP contribution < -0.4 is 0 Å². The van der Waals surface area contributed by atoms with Crippen molar-refractivity contribution in [1.29, 1.82) is 0 Å². The summed E-state index contributed by atoms with van der Waals surface area (Å²) in [5.74, 6) is -1.23. The van der Waals surface area contributed by atoms with Gasteiger partial charge in [-0.3, -0.25) is 9.80 Å². The largest absolute Gasteiger partial charge is 0.367 e. The highest BCUT2D eigenvalue weighted by Crippen LogP contribution is 2.30. The SMILES string of the molecule is Fc1ccc(C(OCCN2CCN(C(c3ccc(F)cc3)c3ccc(F)cc3)CC2)c2ccc(F)cc2)cc1. The van der Waals surface area contributed by atoms with Gasteiger partial charge in [-0.1, -0.05) is 48.5 Å². The van der Waals surface area contributed by atoms with Crippen molar-refractivity contribution in [1.82, 2.24) is 9.80 Å². The van der Waals surface area contributed by atoms with Gasteiger partial charge in [-0.25, -0.2) is 17.6 Å². The van der Waals surface area contributed by atoms with Crippen molar-refractivity contribution in [3.8, 4) is 0 Å². The van der Waals surface area contributed by atoms with Crippen LogP contribution in [0.2, 0.25) is 0 Å². The van der Waals surface area contributed by atoms with Crippen LogP contribution >= 0.6 is 0 Å². The van der Waals surface area contributed by atoms with Gasteiger partial charge in [0.25, 0.3) is 0 Å². The van der Waals surface area contributed by atoms with Crippen molar-refractivity contribution >= 4 is 0 Å². The highest BCUT2D eigenvalue weighted by molar-refractivity contribution is 5.33. The molecule has 39 heavy (non-hydrogen) atoms. The maximum atomic E-state index is 13.6. The van der Waals surface area contributed by atoms with E-state index in [0.717, 1.165) is 48.4 Å². The van der Waals surface area contributed by atoms with E-state index in [1.54, 1.807) is 48.5 Å². The van der Waals surface area contributed by atoms with Gasteiger partial charge in [0.2, 0.25) is 0 Å². The molecule has 1 saturated heterocycles.